The van der Waals surface area contributed by atoms with Gasteiger partial charge in [-0.15, -0.1) is 0 Å². The maximum absolute atomic E-state index is 12.6. The Bertz CT molecular complexity index is 1040. The van der Waals surface area contributed by atoms with Gasteiger partial charge in [-0.25, -0.2) is 0 Å². The molecule has 31 heavy (non-hydrogen) atoms. The standard InChI is InChI=1S/C23H18ClF3N2O2/c24-18-8-4-16(5-9-18)13-21(22(30)29-15-23(25,26)27)17-6-10-20(11-7-17)31-14-19-3-1-2-12-28-19/h1-13H,14-15H2,(H,29,30). The van der Waals surface area contributed by atoms with Crippen molar-refractivity contribution in [1.29, 1.82) is 0 Å². The lowest BCUT2D eigenvalue weighted by Gasteiger charge is -2.12. The summed E-state index contributed by atoms with van der Waals surface area (Å²) in [6.45, 7) is -1.16. The van der Waals surface area contributed by atoms with E-state index in [2.05, 4.69) is 4.98 Å². The minimum atomic E-state index is -4.51. The first-order valence-electron chi connectivity index (χ1n) is 9.25. The van der Waals surface area contributed by atoms with Crippen molar-refractivity contribution >= 4 is 29.2 Å². The van der Waals surface area contributed by atoms with E-state index in [9.17, 15) is 18.0 Å². The Morgan fingerprint density at radius 1 is 1.03 bits per heavy atom. The second-order valence-corrected chi connectivity index (χ2v) is 6.98. The average molecular weight is 447 g/mol. The van der Waals surface area contributed by atoms with Crippen molar-refractivity contribution in [3.8, 4) is 5.75 Å². The first-order valence-corrected chi connectivity index (χ1v) is 9.63. The van der Waals surface area contributed by atoms with E-state index in [4.69, 9.17) is 16.3 Å². The van der Waals surface area contributed by atoms with E-state index in [1.54, 1.807) is 60.8 Å². The number of aromatic nitrogens is 1. The molecule has 1 amide bonds. The predicted molar refractivity (Wildman–Crippen MR) is 113 cm³/mol. The number of alkyl halides is 3. The molecule has 0 atom stereocenters. The molecule has 1 aromatic heterocycles. The van der Waals surface area contributed by atoms with Crippen LogP contribution >= 0.6 is 11.6 Å². The maximum Gasteiger partial charge on any atom is 0.405 e. The largest absolute Gasteiger partial charge is 0.487 e. The molecule has 0 saturated heterocycles. The predicted octanol–water partition coefficient (Wildman–Crippen LogP) is 5.53. The van der Waals surface area contributed by atoms with Gasteiger partial charge in [0, 0.05) is 16.8 Å². The number of amides is 1. The van der Waals surface area contributed by atoms with Gasteiger partial charge in [0.25, 0.3) is 5.91 Å². The molecule has 0 aliphatic carbocycles. The highest BCUT2D eigenvalue weighted by Gasteiger charge is 2.28. The fourth-order valence-corrected chi connectivity index (χ4v) is 2.78. The summed E-state index contributed by atoms with van der Waals surface area (Å²) in [7, 11) is 0. The van der Waals surface area contributed by atoms with Gasteiger partial charge in [-0.05, 0) is 53.6 Å². The van der Waals surface area contributed by atoms with Crippen LogP contribution < -0.4 is 10.1 Å². The van der Waals surface area contributed by atoms with E-state index in [0.29, 0.717) is 21.9 Å². The zero-order valence-corrected chi connectivity index (χ0v) is 17.0. The number of hydrogen-bond acceptors (Lipinski definition) is 3. The molecule has 0 fully saturated rings. The van der Waals surface area contributed by atoms with Crippen molar-refractivity contribution in [1.82, 2.24) is 10.3 Å². The van der Waals surface area contributed by atoms with Crippen LogP contribution in [0.1, 0.15) is 16.8 Å². The number of pyridine rings is 1. The molecule has 3 rings (SSSR count). The van der Waals surface area contributed by atoms with Crippen LogP contribution in [-0.4, -0.2) is 23.6 Å². The first kappa shape index (κ1) is 22.4. The lowest BCUT2D eigenvalue weighted by molar-refractivity contribution is -0.135. The van der Waals surface area contributed by atoms with Gasteiger partial charge >= 0.3 is 6.18 Å². The molecule has 0 bridgehead atoms. The number of rotatable bonds is 7. The quantitative estimate of drug-likeness (QED) is 0.383. The van der Waals surface area contributed by atoms with Crippen molar-refractivity contribution in [2.24, 2.45) is 0 Å². The molecule has 1 heterocycles. The molecule has 1 N–H and O–H groups in total. The van der Waals surface area contributed by atoms with Crippen LogP contribution in [0.15, 0.2) is 72.9 Å². The van der Waals surface area contributed by atoms with Crippen molar-refractivity contribution in [2.45, 2.75) is 12.8 Å². The Labute approximate surface area is 182 Å². The highest BCUT2D eigenvalue weighted by Crippen LogP contribution is 2.23. The maximum atomic E-state index is 12.6. The summed E-state index contributed by atoms with van der Waals surface area (Å²) in [6.07, 6.45) is -1.34. The molecule has 4 nitrogen and oxygen atoms in total. The summed E-state index contributed by atoms with van der Waals surface area (Å²) in [5.74, 6) is -0.301. The highest BCUT2D eigenvalue weighted by atomic mass is 35.5. The zero-order chi connectivity index (χ0) is 22.3. The van der Waals surface area contributed by atoms with Crippen LogP contribution in [0.3, 0.4) is 0 Å². The first-order chi connectivity index (χ1) is 14.8. The van der Waals surface area contributed by atoms with Gasteiger partial charge in [0.15, 0.2) is 0 Å². The van der Waals surface area contributed by atoms with E-state index in [1.807, 2.05) is 17.4 Å². The average Bonchev–Trinajstić information content (AvgIpc) is 2.76. The number of nitrogens with one attached hydrogen (secondary N) is 1. The Balaban J connectivity index is 1.80. The van der Waals surface area contributed by atoms with Gasteiger partial charge in [0.2, 0.25) is 0 Å². The van der Waals surface area contributed by atoms with Crippen LogP contribution in [-0.2, 0) is 11.4 Å². The number of hydrogen-bond donors (Lipinski definition) is 1. The Morgan fingerprint density at radius 3 is 2.35 bits per heavy atom. The van der Waals surface area contributed by atoms with Crippen LogP contribution in [0, 0.1) is 0 Å². The minimum Gasteiger partial charge on any atom is -0.487 e. The third kappa shape index (κ3) is 7.15. The molecule has 0 saturated carbocycles. The molecular weight excluding hydrogens is 429 g/mol. The van der Waals surface area contributed by atoms with Gasteiger partial charge in [-0.1, -0.05) is 41.9 Å². The Hall–Kier alpha value is -3.32. The smallest absolute Gasteiger partial charge is 0.405 e. The Morgan fingerprint density at radius 2 is 1.74 bits per heavy atom. The van der Waals surface area contributed by atoms with E-state index in [-0.39, 0.29) is 12.2 Å². The van der Waals surface area contributed by atoms with Gasteiger partial charge < -0.3 is 10.1 Å². The summed E-state index contributed by atoms with van der Waals surface area (Å²) in [6, 6.07) is 18.6. The van der Waals surface area contributed by atoms with Crippen molar-refractivity contribution in [3.05, 3.63) is 94.8 Å². The van der Waals surface area contributed by atoms with Gasteiger partial charge in [-0.2, -0.15) is 13.2 Å². The molecule has 0 spiro atoms. The molecule has 160 valence electrons. The van der Waals surface area contributed by atoms with Crippen molar-refractivity contribution < 1.29 is 22.7 Å². The van der Waals surface area contributed by atoms with Crippen molar-refractivity contribution in [2.75, 3.05) is 6.54 Å². The molecule has 2 aromatic carbocycles. The summed E-state index contributed by atoms with van der Waals surface area (Å²) in [5.41, 5.74) is 1.90. The van der Waals surface area contributed by atoms with Crippen LogP contribution in [0.2, 0.25) is 5.02 Å². The summed E-state index contributed by atoms with van der Waals surface area (Å²) < 4.78 is 43.3. The summed E-state index contributed by atoms with van der Waals surface area (Å²) in [4.78, 5) is 16.7. The SMILES string of the molecule is O=C(NCC(F)(F)F)C(=Cc1ccc(Cl)cc1)c1ccc(OCc2ccccn2)cc1. The van der Waals surface area contributed by atoms with E-state index in [1.165, 1.54) is 6.08 Å². The molecule has 0 radical (unpaired) electrons. The number of ether oxygens (including phenoxy) is 1. The fraction of sp³-hybridized carbons (Fsp3) is 0.130. The molecule has 0 unspecified atom stereocenters. The van der Waals surface area contributed by atoms with Crippen LogP contribution in [0.25, 0.3) is 11.6 Å². The molecule has 3 aromatic rings. The lowest BCUT2D eigenvalue weighted by atomic mass is 10.0. The second-order valence-electron chi connectivity index (χ2n) is 6.54. The number of benzene rings is 2. The summed E-state index contributed by atoms with van der Waals surface area (Å²) >= 11 is 5.88. The number of carbonyl (C=O) groups is 1. The summed E-state index contributed by atoms with van der Waals surface area (Å²) in [5, 5.41) is 2.43. The Kier molecular flexibility index (Phi) is 7.31. The minimum absolute atomic E-state index is 0.0860. The van der Waals surface area contributed by atoms with Gasteiger partial charge in [0.05, 0.1) is 5.69 Å². The van der Waals surface area contributed by atoms with Crippen molar-refractivity contribution in [3.63, 3.8) is 0 Å². The lowest BCUT2D eigenvalue weighted by Crippen LogP contribution is -2.34. The number of nitrogens with zero attached hydrogens (tertiary/aromatic N) is 1. The normalized spacial score (nSPS) is 11.8. The third-order valence-electron chi connectivity index (χ3n) is 4.15. The van der Waals surface area contributed by atoms with E-state index < -0.39 is 18.6 Å². The van der Waals surface area contributed by atoms with E-state index in [0.717, 1.165) is 5.69 Å². The second kappa shape index (κ2) is 10.1. The van der Waals surface area contributed by atoms with Crippen LogP contribution in [0.5, 0.6) is 5.75 Å². The number of carbonyl (C=O) groups excluding carboxylic acids is 1. The topological polar surface area (TPSA) is 51.2 Å². The third-order valence-corrected chi connectivity index (χ3v) is 4.41. The zero-order valence-electron chi connectivity index (χ0n) is 16.2. The molecular formula is C23H18ClF3N2O2. The fourth-order valence-electron chi connectivity index (χ4n) is 2.65. The number of halogens is 4. The van der Waals surface area contributed by atoms with Crippen LogP contribution in [0.4, 0.5) is 13.2 Å². The van der Waals surface area contributed by atoms with Gasteiger partial charge in [0.1, 0.15) is 18.9 Å². The monoisotopic (exact) mass is 446 g/mol. The molecule has 0 aliphatic rings. The van der Waals surface area contributed by atoms with E-state index >= 15 is 0 Å². The van der Waals surface area contributed by atoms with Gasteiger partial charge in [-0.3, -0.25) is 9.78 Å². The highest BCUT2D eigenvalue weighted by molar-refractivity contribution is 6.30. The molecule has 0 aliphatic heterocycles. The molecule has 8 heteroatoms.